The van der Waals surface area contributed by atoms with E-state index in [1.807, 2.05) is 18.4 Å². The summed E-state index contributed by atoms with van der Waals surface area (Å²) in [5, 5.41) is 7.79. The van der Waals surface area contributed by atoms with Gasteiger partial charge in [0.2, 0.25) is 0 Å². The minimum absolute atomic E-state index is 0.0590. The molecule has 0 aliphatic carbocycles. The number of urea groups is 1. The highest BCUT2D eigenvalue weighted by Crippen LogP contribution is 2.30. The van der Waals surface area contributed by atoms with Gasteiger partial charge in [-0.25, -0.2) is 4.79 Å². The molecule has 0 spiro atoms. The largest absolute Gasteiger partial charge is 0.326 e. The topological polar surface area (TPSA) is 41.1 Å². The molecule has 2 amide bonds. The third-order valence-corrected chi connectivity index (χ3v) is 3.55. The maximum absolute atomic E-state index is 11.4. The summed E-state index contributed by atoms with van der Waals surface area (Å²) in [6.07, 6.45) is 0.946. The van der Waals surface area contributed by atoms with Crippen molar-refractivity contribution in [1.29, 1.82) is 0 Å². The normalized spacial score (nSPS) is 21.2. The Morgan fingerprint density at radius 2 is 2.33 bits per heavy atom. The first-order chi connectivity index (χ1) is 7.22. The van der Waals surface area contributed by atoms with Gasteiger partial charge in [0.05, 0.1) is 6.04 Å². The molecule has 1 unspecified atom stereocenters. The lowest BCUT2D eigenvalue weighted by Crippen LogP contribution is -2.43. The van der Waals surface area contributed by atoms with E-state index >= 15 is 0 Å². The van der Waals surface area contributed by atoms with Crippen LogP contribution in [-0.4, -0.2) is 6.03 Å². The molecule has 1 atom stereocenters. The van der Waals surface area contributed by atoms with Crippen molar-refractivity contribution in [2.24, 2.45) is 0 Å². The summed E-state index contributed by atoms with van der Waals surface area (Å²) >= 11 is 1.68. The van der Waals surface area contributed by atoms with Gasteiger partial charge in [-0.05, 0) is 30.4 Å². The Bertz CT molecular complexity index is 395. The molecule has 0 radical (unpaired) electrons. The highest BCUT2D eigenvalue weighted by molar-refractivity contribution is 7.10. The lowest BCUT2D eigenvalue weighted by Gasteiger charge is -2.27. The van der Waals surface area contributed by atoms with Gasteiger partial charge in [-0.15, -0.1) is 11.3 Å². The minimum Gasteiger partial charge on any atom is -0.326 e. The monoisotopic (exact) mass is 222 g/mol. The second-order valence-corrected chi connectivity index (χ2v) is 4.53. The van der Waals surface area contributed by atoms with Crippen LogP contribution in [-0.2, 0) is 0 Å². The number of hydrogen-bond donors (Lipinski definition) is 2. The summed E-state index contributed by atoms with van der Waals surface area (Å²) in [6.45, 7) is 4.07. The fraction of sp³-hybridized carbons (Fsp3) is 0.364. The van der Waals surface area contributed by atoms with Gasteiger partial charge in [-0.2, -0.15) is 0 Å². The molecule has 3 nitrogen and oxygen atoms in total. The number of allylic oxidation sites excluding steroid dienone is 1. The Labute approximate surface area is 93.2 Å². The van der Waals surface area contributed by atoms with E-state index in [-0.39, 0.29) is 12.1 Å². The SMILES string of the molecule is CCC1=C(C)NC(=O)NC1c1cccs1. The van der Waals surface area contributed by atoms with Crippen molar-refractivity contribution in [1.82, 2.24) is 10.6 Å². The zero-order chi connectivity index (χ0) is 10.8. The second kappa shape index (κ2) is 4.06. The van der Waals surface area contributed by atoms with Crippen LogP contribution in [0.25, 0.3) is 0 Å². The average molecular weight is 222 g/mol. The second-order valence-electron chi connectivity index (χ2n) is 3.55. The van der Waals surface area contributed by atoms with Gasteiger partial charge in [-0.1, -0.05) is 13.0 Å². The van der Waals surface area contributed by atoms with Crippen LogP contribution >= 0.6 is 11.3 Å². The molecule has 15 heavy (non-hydrogen) atoms. The molecular weight excluding hydrogens is 208 g/mol. The van der Waals surface area contributed by atoms with Crippen molar-refractivity contribution < 1.29 is 4.79 Å². The minimum atomic E-state index is -0.108. The molecule has 1 aromatic rings. The predicted molar refractivity (Wildman–Crippen MR) is 61.7 cm³/mol. The van der Waals surface area contributed by atoms with E-state index in [0.717, 1.165) is 12.1 Å². The third-order valence-electron chi connectivity index (χ3n) is 2.62. The first-order valence-electron chi connectivity index (χ1n) is 5.03. The highest BCUT2D eigenvalue weighted by atomic mass is 32.1. The van der Waals surface area contributed by atoms with Gasteiger partial charge < -0.3 is 10.6 Å². The van der Waals surface area contributed by atoms with Crippen molar-refractivity contribution in [2.45, 2.75) is 26.3 Å². The number of hydrogen-bond acceptors (Lipinski definition) is 2. The van der Waals surface area contributed by atoms with Crippen molar-refractivity contribution in [3.63, 3.8) is 0 Å². The zero-order valence-corrected chi connectivity index (χ0v) is 9.65. The van der Waals surface area contributed by atoms with Crippen molar-refractivity contribution >= 4 is 17.4 Å². The molecule has 1 aromatic heterocycles. The average Bonchev–Trinajstić information content (AvgIpc) is 2.69. The van der Waals surface area contributed by atoms with Crippen molar-refractivity contribution in [2.75, 3.05) is 0 Å². The summed E-state index contributed by atoms with van der Waals surface area (Å²) in [5.74, 6) is 0. The fourth-order valence-electron chi connectivity index (χ4n) is 1.89. The van der Waals surface area contributed by atoms with E-state index < -0.39 is 0 Å². The van der Waals surface area contributed by atoms with Crippen LogP contribution in [0.5, 0.6) is 0 Å². The van der Waals surface area contributed by atoms with Gasteiger partial charge >= 0.3 is 6.03 Å². The fourth-order valence-corrected chi connectivity index (χ4v) is 2.70. The van der Waals surface area contributed by atoms with Gasteiger partial charge in [0.1, 0.15) is 0 Å². The Morgan fingerprint density at radius 1 is 1.53 bits per heavy atom. The molecule has 0 aromatic carbocycles. The highest BCUT2D eigenvalue weighted by Gasteiger charge is 2.25. The van der Waals surface area contributed by atoms with Crippen LogP contribution in [0.1, 0.15) is 31.2 Å². The van der Waals surface area contributed by atoms with Gasteiger partial charge in [0.25, 0.3) is 0 Å². The summed E-state index contributed by atoms with van der Waals surface area (Å²) in [4.78, 5) is 12.6. The maximum Gasteiger partial charge on any atom is 0.319 e. The van der Waals surface area contributed by atoms with E-state index in [9.17, 15) is 4.79 Å². The maximum atomic E-state index is 11.4. The smallest absolute Gasteiger partial charge is 0.319 e. The quantitative estimate of drug-likeness (QED) is 0.793. The van der Waals surface area contributed by atoms with Crippen LogP contribution in [0.4, 0.5) is 4.79 Å². The molecule has 1 aliphatic rings. The number of thiophene rings is 1. The Kier molecular flexibility index (Phi) is 2.77. The van der Waals surface area contributed by atoms with E-state index in [4.69, 9.17) is 0 Å². The van der Waals surface area contributed by atoms with E-state index in [0.29, 0.717) is 0 Å². The molecule has 2 heterocycles. The first kappa shape index (κ1) is 10.2. The van der Waals surface area contributed by atoms with Crippen LogP contribution in [0.3, 0.4) is 0 Å². The van der Waals surface area contributed by atoms with Crippen LogP contribution < -0.4 is 10.6 Å². The molecule has 2 N–H and O–H groups in total. The van der Waals surface area contributed by atoms with E-state index in [2.05, 4.69) is 23.6 Å². The molecule has 0 bridgehead atoms. The molecule has 4 heteroatoms. The van der Waals surface area contributed by atoms with E-state index in [1.165, 1.54) is 10.5 Å². The lowest BCUT2D eigenvalue weighted by atomic mass is 9.99. The Balaban J connectivity index is 2.37. The summed E-state index contributed by atoms with van der Waals surface area (Å²) in [6, 6.07) is 4.02. The summed E-state index contributed by atoms with van der Waals surface area (Å²) in [5.41, 5.74) is 2.25. The standard InChI is InChI=1S/C11H14N2OS/c1-3-8-7(2)12-11(14)13-10(8)9-5-4-6-15-9/h4-6,10H,3H2,1-2H3,(H2,12,13,14). The number of carbonyl (C=O) groups is 1. The number of rotatable bonds is 2. The molecule has 1 aliphatic heterocycles. The zero-order valence-electron chi connectivity index (χ0n) is 8.83. The van der Waals surface area contributed by atoms with Crippen LogP contribution in [0.2, 0.25) is 0 Å². The molecule has 0 fully saturated rings. The van der Waals surface area contributed by atoms with Crippen LogP contribution in [0.15, 0.2) is 28.8 Å². The number of carbonyl (C=O) groups excluding carboxylic acids is 1. The molecule has 0 saturated carbocycles. The molecule has 2 rings (SSSR count). The summed E-state index contributed by atoms with van der Waals surface area (Å²) < 4.78 is 0. The number of nitrogens with one attached hydrogen (secondary N) is 2. The Morgan fingerprint density at radius 3 is 2.93 bits per heavy atom. The lowest BCUT2D eigenvalue weighted by molar-refractivity contribution is 0.238. The number of amides is 2. The molecular formula is C11H14N2OS. The molecule has 0 saturated heterocycles. The third kappa shape index (κ3) is 1.90. The van der Waals surface area contributed by atoms with Crippen molar-refractivity contribution in [3.8, 4) is 0 Å². The van der Waals surface area contributed by atoms with Crippen LogP contribution in [0, 0.1) is 0 Å². The van der Waals surface area contributed by atoms with Gasteiger partial charge in [0, 0.05) is 10.6 Å². The first-order valence-corrected chi connectivity index (χ1v) is 5.91. The molecule has 80 valence electrons. The summed E-state index contributed by atoms with van der Waals surface area (Å²) in [7, 11) is 0. The van der Waals surface area contributed by atoms with Gasteiger partial charge in [0.15, 0.2) is 0 Å². The van der Waals surface area contributed by atoms with E-state index in [1.54, 1.807) is 11.3 Å². The Hall–Kier alpha value is -1.29. The van der Waals surface area contributed by atoms with Crippen molar-refractivity contribution in [3.05, 3.63) is 33.7 Å². The van der Waals surface area contributed by atoms with Gasteiger partial charge in [-0.3, -0.25) is 0 Å². The predicted octanol–water partition coefficient (Wildman–Crippen LogP) is 2.79.